The number of unbranched alkanes of at least 4 members (excludes halogenated alkanes) is 6. The first-order valence-corrected chi connectivity index (χ1v) is 10.5. The fourth-order valence-electron chi connectivity index (χ4n) is 2.88. The molecule has 0 saturated heterocycles. The third-order valence-corrected chi connectivity index (χ3v) is 5.09. The van der Waals surface area contributed by atoms with E-state index < -0.39 is 25.4 Å². The predicted molar refractivity (Wildman–Crippen MR) is 114 cm³/mol. The lowest BCUT2D eigenvalue weighted by molar-refractivity contribution is -0.558. The van der Waals surface area contributed by atoms with E-state index in [0.29, 0.717) is 23.3 Å². The highest BCUT2D eigenvalue weighted by molar-refractivity contribution is 5.76. The van der Waals surface area contributed by atoms with Crippen LogP contribution in [0.1, 0.15) is 69.4 Å². The van der Waals surface area contributed by atoms with Crippen LogP contribution >= 0.6 is 0 Å². The molecule has 1 amide bonds. The van der Waals surface area contributed by atoms with Gasteiger partial charge in [-0.15, -0.1) is 0 Å². The highest BCUT2D eigenvalue weighted by Crippen LogP contribution is 2.10. The van der Waals surface area contributed by atoms with Crippen LogP contribution in [0.5, 0.6) is 0 Å². The topological polar surface area (TPSA) is 116 Å². The number of amides is 1. The van der Waals surface area contributed by atoms with Crippen molar-refractivity contribution >= 4 is 12.1 Å². The maximum absolute atomic E-state index is 12.2. The minimum atomic E-state index is -1.65. The van der Waals surface area contributed by atoms with E-state index in [1.807, 2.05) is 0 Å². The first-order chi connectivity index (χ1) is 14.0. The molecule has 0 radical (unpaired) electrons. The molecule has 0 fully saturated rings. The van der Waals surface area contributed by atoms with Crippen LogP contribution in [-0.2, 0) is 11.3 Å². The van der Waals surface area contributed by atoms with E-state index >= 15 is 0 Å². The fraction of sp³-hybridized carbons (Fsp3) is 0.636. The Hall–Kier alpha value is -1.96. The Morgan fingerprint density at radius 1 is 1.00 bits per heavy atom. The largest absolute Gasteiger partial charge is 0.623 e. The minimum Gasteiger partial charge on any atom is -0.623 e. The van der Waals surface area contributed by atoms with E-state index in [4.69, 9.17) is 0 Å². The van der Waals surface area contributed by atoms with Gasteiger partial charge in [-0.05, 0) is 24.1 Å². The molecule has 0 aliphatic carbocycles. The van der Waals surface area contributed by atoms with Crippen molar-refractivity contribution in [3.05, 3.63) is 40.6 Å². The molecule has 1 aromatic rings. The first-order valence-electron chi connectivity index (χ1n) is 10.5. The zero-order valence-corrected chi connectivity index (χ0v) is 17.5. The molecule has 0 aliphatic rings. The van der Waals surface area contributed by atoms with Crippen LogP contribution in [0.4, 0.5) is 0 Å². The zero-order valence-electron chi connectivity index (χ0n) is 17.5. The number of aliphatic hydroxyl groups excluding tert-OH is 3. The number of aliphatic hydroxyl groups is 3. The maximum Gasteiger partial charge on any atom is 0.240 e. The minimum absolute atomic E-state index is 0.0403. The summed E-state index contributed by atoms with van der Waals surface area (Å²) in [7, 11) is 0. The number of rotatable bonds is 15. The second-order valence-electron chi connectivity index (χ2n) is 7.54. The zero-order chi connectivity index (χ0) is 21.5. The van der Waals surface area contributed by atoms with Crippen molar-refractivity contribution in [3.8, 4) is 0 Å². The van der Waals surface area contributed by atoms with Crippen LogP contribution in [0.2, 0.25) is 0 Å². The summed E-state index contributed by atoms with van der Waals surface area (Å²) in [6.07, 6.45) is 9.99. The standard InChI is InChI=1S/C22H36N2O5/c1-2-3-4-5-6-7-8-9-21(28)23-14-19-10-12-20(13-11-19)15-24(29)22(16-25,17-26)18-27/h10-13,15,25-27H,2-9,14,16-18H2,1H3,(H,23,28)/b24-15-. The molecule has 4 N–H and O–H groups in total. The number of benzene rings is 1. The van der Waals surface area contributed by atoms with E-state index in [0.717, 1.165) is 18.4 Å². The number of nitrogens with one attached hydrogen (secondary N) is 1. The summed E-state index contributed by atoms with van der Waals surface area (Å²) in [6, 6.07) is 7.01. The molecule has 0 unspecified atom stereocenters. The number of carbonyl (C=O) groups excluding carboxylic acids is 1. The van der Waals surface area contributed by atoms with Gasteiger partial charge < -0.3 is 25.8 Å². The molecule has 0 aromatic heterocycles. The molecule has 29 heavy (non-hydrogen) atoms. The van der Waals surface area contributed by atoms with Crippen LogP contribution in [0.25, 0.3) is 0 Å². The third kappa shape index (κ3) is 8.94. The monoisotopic (exact) mass is 408 g/mol. The average Bonchev–Trinajstić information content (AvgIpc) is 2.74. The number of nitrogens with zero attached hydrogens (tertiary/aromatic N) is 1. The van der Waals surface area contributed by atoms with Gasteiger partial charge >= 0.3 is 0 Å². The smallest absolute Gasteiger partial charge is 0.240 e. The second-order valence-corrected chi connectivity index (χ2v) is 7.54. The molecule has 0 heterocycles. The van der Waals surface area contributed by atoms with Crippen LogP contribution in [0.3, 0.4) is 0 Å². The summed E-state index contributed by atoms with van der Waals surface area (Å²) in [4.78, 5) is 11.9. The van der Waals surface area contributed by atoms with Gasteiger partial charge in [-0.2, -0.15) is 4.74 Å². The van der Waals surface area contributed by atoms with Gasteiger partial charge in [-0.1, -0.05) is 57.6 Å². The van der Waals surface area contributed by atoms with Crippen molar-refractivity contribution in [2.75, 3.05) is 19.8 Å². The van der Waals surface area contributed by atoms with Gasteiger partial charge in [0.15, 0.2) is 6.21 Å². The molecule has 7 heteroatoms. The van der Waals surface area contributed by atoms with Gasteiger partial charge in [0.05, 0.1) is 0 Å². The lowest BCUT2D eigenvalue weighted by atomic mass is 10.0. The molecule has 1 aromatic carbocycles. The summed E-state index contributed by atoms with van der Waals surface area (Å²) in [6.45, 7) is 0.629. The Balaban J connectivity index is 2.41. The van der Waals surface area contributed by atoms with Crippen molar-refractivity contribution in [2.24, 2.45) is 0 Å². The lowest BCUT2D eigenvalue weighted by Crippen LogP contribution is -2.50. The normalized spacial score (nSPS) is 12.2. The number of hydroxylamine groups is 1. The molecule has 0 bridgehead atoms. The predicted octanol–water partition coefficient (Wildman–Crippen LogP) is 2.09. The molecule has 1 rings (SSSR count). The van der Waals surface area contributed by atoms with Crippen LogP contribution in [-0.4, -0.2) is 57.5 Å². The van der Waals surface area contributed by atoms with Gasteiger partial charge in [-0.3, -0.25) is 4.79 Å². The first kappa shape index (κ1) is 25.1. The molecule has 0 saturated carbocycles. The van der Waals surface area contributed by atoms with Crippen LogP contribution < -0.4 is 5.32 Å². The number of hydrogen-bond donors (Lipinski definition) is 4. The van der Waals surface area contributed by atoms with Gasteiger partial charge in [0.2, 0.25) is 11.4 Å². The maximum atomic E-state index is 12.2. The van der Waals surface area contributed by atoms with Gasteiger partial charge in [0.1, 0.15) is 19.8 Å². The average molecular weight is 409 g/mol. The van der Waals surface area contributed by atoms with Crippen molar-refractivity contribution in [1.29, 1.82) is 0 Å². The van der Waals surface area contributed by atoms with Crippen molar-refractivity contribution in [2.45, 2.75) is 70.4 Å². The van der Waals surface area contributed by atoms with Crippen molar-refractivity contribution < 1.29 is 24.9 Å². The summed E-state index contributed by atoms with van der Waals surface area (Å²) in [5.41, 5.74) is -0.175. The Morgan fingerprint density at radius 3 is 2.10 bits per heavy atom. The van der Waals surface area contributed by atoms with E-state index in [1.54, 1.807) is 24.3 Å². The van der Waals surface area contributed by atoms with E-state index in [-0.39, 0.29) is 5.91 Å². The van der Waals surface area contributed by atoms with Crippen LogP contribution in [0, 0.1) is 5.21 Å². The van der Waals surface area contributed by atoms with Gasteiger partial charge in [0, 0.05) is 18.5 Å². The highest BCUT2D eigenvalue weighted by Gasteiger charge is 2.36. The second kappa shape index (κ2) is 14.1. The third-order valence-electron chi connectivity index (χ3n) is 5.09. The van der Waals surface area contributed by atoms with E-state index in [2.05, 4.69) is 12.2 Å². The fourth-order valence-corrected chi connectivity index (χ4v) is 2.88. The van der Waals surface area contributed by atoms with Crippen molar-refractivity contribution in [3.63, 3.8) is 0 Å². The Kier molecular flexibility index (Phi) is 12.2. The number of carbonyl (C=O) groups is 1. The Morgan fingerprint density at radius 2 is 1.55 bits per heavy atom. The number of hydrogen-bond acceptors (Lipinski definition) is 5. The quantitative estimate of drug-likeness (QED) is 0.117. The van der Waals surface area contributed by atoms with E-state index in [9.17, 15) is 25.3 Å². The summed E-state index contributed by atoms with van der Waals surface area (Å²) < 4.78 is 0.381. The van der Waals surface area contributed by atoms with Gasteiger partial charge in [-0.25, -0.2) is 0 Å². The molecular formula is C22H36N2O5. The van der Waals surface area contributed by atoms with E-state index in [1.165, 1.54) is 38.3 Å². The summed E-state index contributed by atoms with van der Waals surface area (Å²) in [5.74, 6) is 0.0403. The molecule has 7 nitrogen and oxygen atoms in total. The van der Waals surface area contributed by atoms with Crippen molar-refractivity contribution in [1.82, 2.24) is 5.32 Å². The Labute approximate surface area is 173 Å². The Bertz CT molecular complexity index is 604. The SMILES string of the molecule is CCCCCCCCCC(=O)NCc1ccc(/C=[N+](\[O-])C(CO)(CO)CO)cc1. The lowest BCUT2D eigenvalue weighted by Gasteiger charge is -2.25. The molecular weight excluding hydrogens is 372 g/mol. The molecule has 0 spiro atoms. The molecule has 164 valence electrons. The molecule has 0 atom stereocenters. The van der Waals surface area contributed by atoms with Gasteiger partial charge in [0.25, 0.3) is 0 Å². The summed E-state index contributed by atoms with van der Waals surface area (Å²) >= 11 is 0. The highest BCUT2D eigenvalue weighted by atomic mass is 16.5. The molecule has 0 aliphatic heterocycles. The summed E-state index contributed by atoms with van der Waals surface area (Å²) in [5, 5.41) is 42.9. The van der Waals surface area contributed by atoms with Crippen LogP contribution in [0.15, 0.2) is 24.3 Å².